The van der Waals surface area contributed by atoms with Crippen molar-refractivity contribution in [2.75, 3.05) is 7.05 Å². The van der Waals surface area contributed by atoms with E-state index in [-0.39, 0.29) is 23.3 Å². The molecule has 3 fully saturated rings. The molecule has 6 atom stereocenters. The maximum Gasteiger partial charge on any atom is 0.259 e. The Balaban J connectivity index is 1.42. The van der Waals surface area contributed by atoms with Crippen LogP contribution >= 0.6 is 0 Å². The van der Waals surface area contributed by atoms with Crippen LogP contribution in [0.4, 0.5) is 0 Å². The van der Waals surface area contributed by atoms with E-state index in [4.69, 9.17) is 0 Å². The van der Waals surface area contributed by atoms with Gasteiger partial charge in [0.2, 0.25) is 0 Å². The molecule has 0 saturated heterocycles. The number of hydrogen-bond acceptors (Lipinski definition) is 2. The third kappa shape index (κ3) is 3.33. The van der Waals surface area contributed by atoms with E-state index in [9.17, 15) is 9.59 Å². The third-order valence-corrected chi connectivity index (χ3v) is 9.76. The van der Waals surface area contributed by atoms with Crippen LogP contribution < -0.4 is 5.32 Å². The predicted octanol–water partition coefficient (Wildman–Crippen LogP) is 5.01. The van der Waals surface area contributed by atoms with E-state index in [1.807, 2.05) is 37.1 Å². The first-order valence-corrected chi connectivity index (χ1v) is 12.6. The van der Waals surface area contributed by atoms with Crippen LogP contribution in [0.3, 0.4) is 0 Å². The molecule has 1 N–H and O–H groups in total. The molecule has 0 bridgehead atoms. The van der Waals surface area contributed by atoms with Crippen molar-refractivity contribution in [2.24, 2.45) is 28.6 Å². The van der Waals surface area contributed by atoms with E-state index in [1.165, 1.54) is 44.1 Å². The Morgan fingerprint density at radius 2 is 1.94 bits per heavy atom. The van der Waals surface area contributed by atoms with Gasteiger partial charge in [0.1, 0.15) is 5.57 Å². The molecule has 4 nitrogen and oxygen atoms in total. The highest BCUT2D eigenvalue weighted by atomic mass is 16.2. The topological polar surface area (TPSA) is 49.4 Å². The molecule has 3 aliphatic carbocycles. The molecular weight excluding hydrogens is 396 g/mol. The number of nitrogens with one attached hydrogen (secondary N) is 1. The standard InChI is InChI=1S/C28H38N2O2/c1-18-7-5-8-19(15-18)17-29-25(31)21-16-28(3)23-12-14-27(2)13-6-9-22(27)20(23)10-11-24(28)30(4)26(21)32/h5,7-8,15-16,20,22-24H,6,9-14,17H2,1-4H3,(H,29,31)/t20-,22-,23+,24?,27-,28+/m0/s1. The van der Waals surface area contributed by atoms with Crippen molar-refractivity contribution in [3.8, 4) is 0 Å². The number of amides is 2. The number of aryl methyl sites for hydroxylation is 1. The molecule has 0 radical (unpaired) electrons. The van der Waals surface area contributed by atoms with Crippen LogP contribution in [0.5, 0.6) is 0 Å². The second-order valence-corrected chi connectivity index (χ2v) is 11.6. The Morgan fingerprint density at radius 1 is 1.12 bits per heavy atom. The fourth-order valence-corrected chi connectivity index (χ4v) is 8.14. The summed E-state index contributed by atoms with van der Waals surface area (Å²) >= 11 is 0. The molecule has 4 heteroatoms. The first-order valence-electron chi connectivity index (χ1n) is 12.6. The summed E-state index contributed by atoms with van der Waals surface area (Å²) in [6, 6.07) is 8.35. The predicted molar refractivity (Wildman–Crippen MR) is 127 cm³/mol. The van der Waals surface area contributed by atoms with Crippen molar-refractivity contribution in [3.63, 3.8) is 0 Å². The van der Waals surface area contributed by atoms with Crippen LogP contribution in [-0.2, 0) is 16.1 Å². The smallest absolute Gasteiger partial charge is 0.259 e. The molecule has 1 aromatic carbocycles. The Bertz CT molecular complexity index is 968. The van der Waals surface area contributed by atoms with Crippen LogP contribution in [0.2, 0.25) is 0 Å². The number of fused-ring (bicyclic) bond motifs is 5. The summed E-state index contributed by atoms with van der Waals surface area (Å²) in [6.45, 7) is 7.35. The summed E-state index contributed by atoms with van der Waals surface area (Å²) in [4.78, 5) is 28.3. The molecular formula is C28H38N2O2. The number of hydrogen-bond donors (Lipinski definition) is 1. The first-order chi connectivity index (χ1) is 15.2. The zero-order valence-electron chi connectivity index (χ0n) is 20.1. The van der Waals surface area contributed by atoms with Gasteiger partial charge in [-0.05, 0) is 74.2 Å². The van der Waals surface area contributed by atoms with Gasteiger partial charge in [-0.25, -0.2) is 0 Å². The summed E-state index contributed by atoms with van der Waals surface area (Å²) < 4.78 is 0. The quantitative estimate of drug-likeness (QED) is 0.680. The second-order valence-electron chi connectivity index (χ2n) is 11.6. The SMILES string of the molecule is Cc1cccc(CNC(=O)C2=C[C@@]3(C)C(CC[C@@H]4[C@H]3CC[C@]3(C)CCC[C@@H]43)N(C)C2=O)c1. The van der Waals surface area contributed by atoms with Gasteiger partial charge in [-0.15, -0.1) is 0 Å². The highest BCUT2D eigenvalue weighted by Crippen LogP contribution is 2.64. The molecule has 1 aliphatic heterocycles. The van der Waals surface area contributed by atoms with E-state index >= 15 is 0 Å². The molecule has 0 aromatic heterocycles. The van der Waals surface area contributed by atoms with Crippen molar-refractivity contribution in [3.05, 3.63) is 47.0 Å². The molecule has 3 saturated carbocycles. The van der Waals surface area contributed by atoms with Gasteiger partial charge in [0.05, 0.1) is 0 Å². The minimum absolute atomic E-state index is 0.116. The van der Waals surface area contributed by atoms with Gasteiger partial charge in [-0.1, -0.05) is 56.2 Å². The zero-order chi connectivity index (χ0) is 22.7. The zero-order valence-corrected chi connectivity index (χ0v) is 20.1. The molecule has 172 valence electrons. The number of benzene rings is 1. The van der Waals surface area contributed by atoms with E-state index in [0.29, 0.717) is 23.5 Å². The average molecular weight is 435 g/mol. The van der Waals surface area contributed by atoms with Gasteiger partial charge in [0, 0.05) is 25.0 Å². The van der Waals surface area contributed by atoms with Crippen molar-refractivity contribution in [2.45, 2.75) is 78.3 Å². The number of nitrogens with zero attached hydrogens (tertiary/aromatic N) is 1. The Labute approximate surface area is 192 Å². The van der Waals surface area contributed by atoms with E-state index < -0.39 is 0 Å². The highest BCUT2D eigenvalue weighted by molar-refractivity contribution is 6.19. The second kappa shape index (κ2) is 7.74. The highest BCUT2D eigenvalue weighted by Gasteiger charge is 2.59. The molecule has 1 unspecified atom stereocenters. The number of likely N-dealkylation sites (N-methyl/N-ethyl adjacent to an activating group) is 1. The molecule has 32 heavy (non-hydrogen) atoms. The van der Waals surface area contributed by atoms with Gasteiger partial charge in [0.25, 0.3) is 11.8 Å². The first kappa shape index (κ1) is 21.7. The molecule has 2 amide bonds. The summed E-state index contributed by atoms with van der Waals surface area (Å²) in [5, 5.41) is 3.02. The lowest BCUT2D eigenvalue weighted by Crippen LogP contribution is -2.61. The molecule has 1 heterocycles. The van der Waals surface area contributed by atoms with Crippen LogP contribution in [0.1, 0.15) is 69.9 Å². The molecule has 1 aromatic rings. The number of carbonyl (C=O) groups is 2. The van der Waals surface area contributed by atoms with Crippen LogP contribution in [0, 0.1) is 35.5 Å². The van der Waals surface area contributed by atoms with Gasteiger partial charge < -0.3 is 10.2 Å². The summed E-state index contributed by atoms with van der Waals surface area (Å²) in [5.41, 5.74) is 2.97. The van der Waals surface area contributed by atoms with Gasteiger partial charge in [0.15, 0.2) is 0 Å². The van der Waals surface area contributed by atoms with Crippen molar-refractivity contribution >= 4 is 11.8 Å². The average Bonchev–Trinajstić information content (AvgIpc) is 3.16. The largest absolute Gasteiger partial charge is 0.348 e. The maximum absolute atomic E-state index is 13.2. The monoisotopic (exact) mass is 434 g/mol. The third-order valence-electron chi connectivity index (χ3n) is 9.76. The van der Waals surface area contributed by atoms with E-state index in [2.05, 4.69) is 31.3 Å². The van der Waals surface area contributed by atoms with Crippen molar-refractivity contribution in [1.29, 1.82) is 0 Å². The van der Waals surface area contributed by atoms with Crippen molar-refractivity contribution in [1.82, 2.24) is 10.2 Å². The fourth-order valence-electron chi connectivity index (χ4n) is 8.14. The number of carbonyl (C=O) groups excluding carboxylic acids is 2. The van der Waals surface area contributed by atoms with Gasteiger partial charge >= 0.3 is 0 Å². The fraction of sp³-hybridized carbons (Fsp3) is 0.643. The minimum atomic E-state index is -0.230. The maximum atomic E-state index is 13.2. The summed E-state index contributed by atoms with van der Waals surface area (Å²) in [7, 11) is 1.91. The van der Waals surface area contributed by atoms with Crippen molar-refractivity contribution < 1.29 is 9.59 Å². The number of rotatable bonds is 3. The van der Waals surface area contributed by atoms with Crippen LogP contribution in [0.25, 0.3) is 0 Å². The Hall–Kier alpha value is -2.10. The summed E-state index contributed by atoms with van der Waals surface area (Å²) in [5.74, 6) is 1.76. The lowest BCUT2D eigenvalue weighted by molar-refractivity contribution is -0.141. The summed E-state index contributed by atoms with van der Waals surface area (Å²) in [6.07, 6.45) is 11.0. The van der Waals surface area contributed by atoms with Gasteiger partial charge in [-0.3, -0.25) is 9.59 Å². The molecule has 5 rings (SSSR count). The lowest BCUT2D eigenvalue weighted by atomic mass is 9.48. The minimum Gasteiger partial charge on any atom is -0.348 e. The Kier molecular flexibility index (Phi) is 5.26. The Morgan fingerprint density at radius 3 is 2.72 bits per heavy atom. The van der Waals surface area contributed by atoms with Crippen LogP contribution in [0.15, 0.2) is 35.9 Å². The van der Waals surface area contributed by atoms with E-state index in [0.717, 1.165) is 23.8 Å². The van der Waals surface area contributed by atoms with E-state index in [1.54, 1.807) is 0 Å². The normalized spacial score (nSPS) is 38.4. The molecule has 0 spiro atoms. The van der Waals surface area contributed by atoms with Crippen LogP contribution in [-0.4, -0.2) is 29.8 Å². The van der Waals surface area contributed by atoms with Gasteiger partial charge in [-0.2, -0.15) is 0 Å². The molecule has 4 aliphatic rings. The lowest BCUT2D eigenvalue weighted by Gasteiger charge is -2.60.